The van der Waals surface area contributed by atoms with Crippen molar-refractivity contribution in [1.82, 2.24) is 10.2 Å². The van der Waals surface area contributed by atoms with Crippen LogP contribution in [-0.2, 0) is 11.3 Å². The van der Waals surface area contributed by atoms with E-state index in [0.717, 1.165) is 39.3 Å². The lowest BCUT2D eigenvalue weighted by atomic mass is 10.1. The van der Waals surface area contributed by atoms with E-state index >= 15 is 0 Å². The summed E-state index contributed by atoms with van der Waals surface area (Å²) in [6, 6.07) is 8.71. The summed E-state index contributed by atoms with van der Waals surface area (Å²) in [5.74, 6) is 0.181. The van der Waals surface area contributed by atoms with Crippen molar-refractivity contribution in [2.75, 3.05) is 37.6 Å². The molecule has 1 N–H and O–H groups in total. The maximum atomic E-state index is 11.3. The van der Waals surface area contributed by atoms with Gasteiger partial charge in [-0.2, -0.15) is 0 Å². The Balaban J connectivity index is 1.90. The maximum Gasteiger partial charge on any atom is 0.219 e. The molecule has 1 heterocycles. The van der Waals surface area contributed by atoms with Crippen LogP contribution in [0.5, 0.6) is 0 Å². The molecule has 19 heavy (non-hydrogen) atoms. The summed E-state index contributed by atoms with van der Waals surface area (Å²) in [6.07, 6.45) is 0. The molecule has 0 bridgehead atoms. The first-order valence-electron chi connectivity index (χ1n) is 7.01. The van der Waals surface area contributed by atoms with Gasteiger partial charge in [0, 0.05) is 45.3 Å². The van der Waals surface area contributed by atoms with Crippen LogP contribution < -0.4 is 10.2 Å². The number of nitrogens with one attached hydrogen (secondary N) is 1. The van der Waals surface area contributed by atoms with E-state index in [0.29, 0.717) is 0 Å². The topological polar surface area (TPSA) is 35.6 Å². The lowest BCUT2D eigenvalue weighted by Crippen LogP contribution is -2.48. The lowest BCUT2D eigenvalue weighted by molar-refractivity contribution is -0.129. The van der Waals surface area contributed by atoms with Gasteiger partial charge in [-0.3, -0.25) is 4.79 Å². The minimum atomic E-state index is 0.181. The highest BCUT2D eigenvalue weighted by Crippen LogP contribution is 2.17. The van der Waals surface area contributed by atoms with Gasteiger partial charge in [0.15, 0.2) is 0 Å². The molecule has 0 atom stereocenters. The first-order valence-corrected chi connectivity index (χ1v) is 7.01. The Morgan fingerprint density at radius 1 is 1.16 bits per heavy atom. The molecule has 4 heteroatoms. The average molecular weight is 261 g/mol. The highest BCUT2D eigenvalue weighted by molar-refractivity contribution is 5.73. The number of rotatable bonds is 4. The largest absolute Gasteiger partial charge is 0.368 e. The van der Waals surface area contributed by atoms with Crippen molar-refractivity contribution in [2.45, 2.75) is 20.4 Å². The molecule has 1 aromatic carbocycles. The predicted octanol–water partition coefficient (Wildman–Crippen LogP) is 1.46. The molecule has 4 nitrogen and oxygen atoms in total. The highest BCUT2D eigenvalue weighted by Gasteiger charge is 2.18. The number of carbonyl (C=O) groups excluding carboxylic acids is 1. The number of piperazine rings is 1. The standard InChI is InChI=1S/C15H23N3O/c1-3-16-12-14-4-6-15(7-5-14)18-10-8-17(9-11-18)13(2)19/h4-7,16H,3,8-12H2,1-2H3. The Labute approximate surface area is 115 Å². The second kappa shape index (κ2) is 6.57. The summed E-state index contributed by atoms with van der Waals surface area (Å²) in [5, 5.41) is 3.32. The van der Waals surface area contributed by atoms with Gasteiger partial charge in [0.1, 0.15) is 0 Å². The molecule has 104 valence electrons. The van der Waals surface area contributed by atoms with Crippen molar-refractivity contribution in [2.24, 2.45) is 0 Å². The number of amides is 1. The van der Waals surface area contributed by atoms with E-state index in [1.54, 1.807) is 6.92 Å². The molecule has 1 saturated heterocycles. The van der Waals surface area contributed by atoms with Gasteiger partial charge >= 0.3 is 0 Å². The van der Waals surface area contributed by atoms with Gasteiger partial charge in [0.25, 0.3) is 0 Å². The van der Waals surface area contributed by atoms with Gasteiger partial charge in [-0.1, -0.05) is 19.1 Å². The van der Waals surface area contributed by atoms with Crippen LogP contribution in [0.1, 0.15) is 19.4 Å². The molecule has 1 fully saturated rings. The molecule has 0 spiro atoms. The molecule has 1 aromatic rings. The molecule has 1 amide bonds. The SMILES string of the molecule is CCNCc1ccc(N2CCN(C(C)=O)CC2)cc1. The highest BCUT2D eigenvalue weighted by atomic mass is 16.2. The molecule has 0 radical (unpaired) electrons. The van der Waals surface area contributed by atoms with Crippen LogP contribution in [0.15, 0.2) is 24.3 Å². The van der Waals surface area contributed by atoms with E-state index < -0.39 is 0 Å². The number of hydrogen-bond acceptors (Lipinski definition) is 3. The minimum absolute atomic E-state index is 0.181. The Bertz CT molecular complexity index is 408. The monoisotopic (exact) mass is 261 g/mol. The Morgan fingerprint density at radius 3 is 2.32 bits per heavy atom. The summed E-state index contributed by atoms with van der Waals surface area (Å²) in [4.78, 5) is 15.5. The lowest BCUT2D eigenvalue weighted by Gasteiger charge is -2.35. The molecule has 0 aliphatic carbocycles. The fraction of sp³-hybridized carbons (Fsp3) is 0.533. The second-order valence-corrected chi connectivity index (χ2v) is 4.94. The summed E-state index contributed by atoms with van der Waals surface area (Å²) in [7, 11) is 0. The van der Waals surface area contributed by atoms with Gasteiger partial charge < -0.3 is 15.1 Å². The van der Waals surface area contributed by atoms with Gasteiger partial charge in [0.2, 0.25) is 5.91 Å². The van der Waals surface area contributed by atoms with E-state index in [-0.39, 0.29) is 5.91 Å². The van der Waals surface area contributed by atoms with Crippen LogP contribution in [0.25, 0.3) is 0 Å². The van der Waals surface area contributed by atoms with Crippen molar-refractivity contribution >= 4 is 11.6 Å². The van der Waals surface area contributed by atoms with Crippen LogP contribution in [0, 0.1) is 0 Å². The Kier molecular flexibility index (Phi) is 4.80. The van der Waals surface area contributed by atoms with Crippen LogP contribution in [0.4, 0.5) is 5.69 Å². The van der Waals surface area contributed by atoms with Gasteiger partial charge in [-0.05, 0) is 24.2 Å². The van der Waals surface area contributed by atoms with Crippen LogP contribution in [-0.4, -0.2) is 43.5 Å². The van der Waals surface area contributed by atoms with Crippen molar-refractivity contribution in [1.29, 1.82) is 0 Å². The molecule has 2 rings (SSSR count). The normalized spacial score (nSPS) is 15.7. The zero-order valence-electron chi connectivity index (χ0n) is 11.9. The Hall–Kier alpha value is -1.55. The average Bonchev–Trinajstić information content (AvgIpc) is 2.46. The number of nitrogens with zero attached hydrogens (tertiary/aromatic N) is 2. The fourth-order valence-corrected chi connectivity index (χ4v) is 2.37. The van der Waals surface area contributed by atoms with E-state index in [4.69, 9.17) is 0 Å². The second-order valence-electron chi connectivity index (χ2n) is 4.94. The van der Waals surface area contributed by atoms with Crippen LogP contribution >= 0.6 is 0 Å². The van der Waals surface area contributed by atoms with Gasteiger partial charge in [-0.15, -0.1) is 0 Å². The third-order valence-electron chi connectivity index (χ3n) is 3.61. The smallest absolute Gasteiger partial charge is 0.219 e. The molecule has 0 saturated carbocycles. The summed E-state index contributed by atoms with van der Waals surface area (Å²) < 4.78 is 0. The van der Waals surface area contributed by atoms with Gasteiger partial charge in [0.05, 0.1) is 0 Å². The van der Waals surface area contributed by atoms with E-state index in [1.165, 1.54) is 11.3 Å². The molecule has 1 aliphatic heterocycles. The summed E-state index contributed by atoms with van der Waals surface area (Å²) in [5.41, 5.74) is 2.57. The van der Waals surface area contributed by atoms with Crippen molar-refractivity contribution in [3.8, 4) is 0 Å². The van der Waals surface area contributed by atoms with E-state index in [9.17, 15) is 4.79 Å². The summed E-state index contributed by atoms with van der Waals surface area (Å²) in [6.45, 7) is 9.18. The quantitative estimate of drug-likeness (QED) is 0.891. The maximum absolute atomic E-state index is 11.3. The van der Waals surface area contributed by atoms with E-state index in [1.807, 2.05) is 4.90 Å². The van der Waals surface area contributed by atoms with Crippen LogP contribution in [0.2, 0.25) is 0 Å². The fourth-order valence-electron chi connectivity index (χ4n) is 2.37. The first kappa shape index (κ1) is 13.9. The third kappa shape index (κ3) is 3.70. The van der Waals surface area contributed by atoms with Crippen molar-refractivity contribution in [3.63, 3.8) is 0 Å². The predicted molar refractivity (Wildman–Crippen MR) is 78.3 cm³/mol. The third-order valence-corrected chi connectivity index (χ3v) is 3.61. The molecule has 0 aromatic heterocycles. The first-order chi connectivity index (χ1) is 9.20. The van der Waals surface area contributed by atoms with E-state index in [2.05, 4.69) is 41.4 Å². The van der Waals surface area contributed by atoms with Gasteiger partial charge in [-0.25, -0.2) is 0 Å². The van der Waals surface area contributed by atoms with Crippen LogP contribution in [0.3, 0.4) is 0 Å². The zero-order chi connectivity index (χ0) is 13.7. The molecule has 1 aliphatic rings. The molecular formula is C15H23N3O. The Morgan fingerprint density at radius 2 is 1.79 bits per heavy atom. The number of hydrogen-bond donors (Lipinski definition) is 1. The number of anilines is 1. The zero-order valence-corrected chi connectivity index (χ0v) is 11.9. The summed E-state index contributed by atoms with van der Waals surface area (Å²) >= 11 is 0. The molecular weight excluding hydrogens is 238 g/mol. The number of benzene rings is 1. The molecule has 0 unspecified atom stereocenters. The van der Waals surface area contributed by atoms with Crippen molar-refractivity contribution < 1.29 is 4.79 Å². The van der Waals surface area contributed by atoms with Crippen molar-refractivity contribution in [3.05, 3.63) is 29.8 Å². The minimum Gasteiger partial charge on any atom is -0.368 e. The number of carbonyl (C=O) groups is 1.